The molecule has 1 aliphatic rings. The molecule has 0 unspecified atom stereocenters. The molecule has 140 valence electrons. The van der Waals surface area contributed by atoms with Gasteiger partial charge in [-0.05, 0) is 51.0 Å². The van der Waals surface area contributed by atoms with Crippen LogP contribution in [0.5, 0.6) is 0 Å². The SMILES string of the molecule is CC(C)(C)OC(=O)N1CCc2cc(-c3ccc(C(F)(F)F)cn3)[nH]c2C1. The molecular formula is C18H20F3N3O2. The second-order valence-electron chi connectivity index (χ2n) is 7.27. The van der Waals surface area contributed by atoms with Crippen LogP contribution in [0.25, 0.3) is 11.4 Å². The van der Waals surface area contributed by atoms with Gasteiger partial charge in [0, 0.05) is 18.4 Å². The van der Waals surface area contributed by atoms with Crippen LogP contribution in [0.3, 0.4) is 0 Å². The molecule has 0 spiro atoms. The van der Waals surface area contributed by atoms with Gasteiger partial charge in [-0.25, -0.2) is 4.79 Å². The second-order valence-corrected chi connectivity index (χ2v) is 7.27. The Bertz CT molecular complexity index is 805. The fourth-order valence-corrected chi connectivity index (χ4v) is 2.77. The number of hydrogen-bond donors (Lipinski definition) is 1. The molecule has 0 aliphatic carbocycles. The van der Waals surface area contributed by atoms with Gasteiger partial charge in [0.2, 0.25) is 0 Å². The number of hydrogen-bond acceptors (Lipinski definition) is 3. The number of H-pyrrole nitrogens is 1. The third kappa shape index (κ3) is 4.00. The molecule has 0 bridgehead atoms. The molecule has 0 saturated heterocycles. The third-order valence-electron chi connectivity index (χ3n) is 4.01. The molecule has 2 aromatic heterocycles. The molecule has 5 nitrogen and oxygen atoms in total. The van der Waals surface area contributed by atoms with Crippen molar-refractivity contribution < 1.29 is 22.7 Å². The fourth-order valence-electron chi connectivity index (χ4n) is 2.77. The number of aromatic amines is 1. The van der Waals surface area contributed by atoms with E-state index in [0.717, 1.165) is 23.5 Å². The number of rotatable bonds is 1. The van der Waals surface area contributed by atoms with Crippen LogP contribution in [-0.2, 0) is 23.9 Å². The predicted octanol–water partition coefficient (Wildman–Crippen LogP) is 4.39. The lowest BCUT2D eigenvalue weighted by molar-refractivity contribution is -0.137. The summed E-state index contributed by atoms with van der Waals surface area (Å²) in [6.45, 7) is 6.32. The molecular weight excluding hydrogens is 347 g/mol. The molecule has 0 atom stereocenters. The van der Waals surface area contributed by atoms with Gasteiger partial charge in [0.15, 0.2) is 0 Å². The van der Waals surface area contributed by atoms with E-state index >= 15 is 0 Å². The molecule has 26 heavy (non-hydrogen) atoms. The van der Waals surface area contributed by atoms with Crippen molar-refractivity contribution in [1.82, 2.24) is 14.9 Å². The summed E-state index contributed by atoms with van der Waals surface area (Å²) in [5.41, 5.74) is 1.59. The summed E-state index contributed by atoms with van der Waals surface area (Å²) in [6, 6.07) is 4.22. The van der Waals surface area contributed by atoms with Gasteiger partial charge in [-0.3, -0.25) is 4.98 Å². The highest BCUT2D eigenvalue weighted by Gasteiger charge is 2.31. The Labute approximate surface area is 149 Å². The molecule has 0 fully saturated rings. The summed E-state index contributed by atoms with van der Waals surface area (Å²) in [7, 11) is 0. The first-order chi connectivity index (χ1) is 12.0. The second kappa shape index (κ2) is 6.34. The Kier molecular flexibility index (Phi) is 4.46. The average molecular weight is 367 g/mol. The van der Waals surface area contributed by atoms with Crippen molar-refractivity contribution >= 4 is 6.09 Å². The average Bonchev–Trinajstić information content (AvgIpc) is 2.95. The van der Waals surface area contributed by atoms with Gasteiger partial charge in [0.05, 0.1) is 23.5 Å². The third-order valence-corrected chi connectivity index (χ3v) is 4.01. The summed E-state index contributed by atoms with van der Waals surface area (Å²) in [5, 5.41) is 0. The maximum Gasteiger partial charge on any atom is 0.417 e. The highest BCUT2D eigenvalue weighted by molar-refractivity contribution is 5.69. The highest BCUT2D eigenvalue weighted by atomic mass is 19.4. The highest BCUT2D eigenvalue weighted by Crippen LogP contribution is 2.31. The summed E-state index contributed by atoms with van der Waals surface area (Å²) in [4.78, 5) is 20.9. The smallest absolute Gasteiger partial charge is 0.417 e. The first kappa shape index (κ1) is 18.3. The van der Waals surface area contributed by atoms with Crippen molar-refractivity contribution in [2.24, 2.45) is 0 Å². The zero-order valence-corrected chi connectivity index (χ0v) is 14.8. The van der Waals surface area contributed by atoms with Crippen LogP contribution >= 0.6 is 0 Å². The van der Waals surface area contributed by atoms with Crippen molar-refractivity contribution in [3.63, 3.8) is 0 Å². The van der Waals surface area contributed by atoms with Crippen LogP contribution in [0.4, 0.5) is 18.0 Å². The minimum Gasteiger partial charge on any atom is -0.444 e. The Morgan fingerprint density at radius 3 is 2.58 bits per heavy atom. The van der Waals surface area contributed by atoms with Crippen molar-refractivity contribution in [2.75, 3.05) is 6.54 Å². The number of aromatic nitrogens is 2. The lowest BCUT2D eigenvalue weighted by Crippen LogP contribution is -2.39. The summed E-state index contributed by atoms with van der Waals surface area (Å²) < 4.78 is 43.3. The van der Waals surface area contributed by atoms with Gasteiger partial charge in [-0.2, -0.15) is 13.2 Å². The summed E-state index contributed by atoms with van der Waals surface area (Å²) in [5.74, 6) is 0. The van der Waals surface area contributed by atoms with Crippen LogP contribution in [0, 0.1) is 0 Å². The lowest BCUT2D eigenvalue weighted by atomic mass is 10.1. The minimum atomic E-state index is -4.41. The number of fused-ring (bicyclic) bond motifs is 1. The number of carbonyl (C=O) groups is 1. The van der Waals surface area contributed by atoms with Gasteiger partial charge < -0.3 is 14.6 Å². The number of ether oxygens (including phenoxy) is 1. The van der Waals surface area contributed by atoms with Gasteiger partial charge >= 0.3 is 12.3 Å². The van der Waals surface area contributed by atoms with Gasteiger partial charge in [0.1, 0.15) is 5.60 Å². The zero-order chi connectivity index (χ0) is 19.1. The summed E-state index contributed by atoms with van der Waals surface area (Å²) in [6.07, 6.45) is -3.32. The van der Waals surface area contributed by atoms with Gasteiger partial charge in [-0.15, -0.1) is 0 Å². The monoisotopic (exact) mass is 367 g/mol. The Balaban J connectivity index is 1.76. The zero-order valence-electron chi connectivity index (χ0n) is 14.8. The van der Waals surface area contributed by atoms with E-state index in [1.165, 1.54) is 6.07 Å². The van der Waals surface area contributed by atoms with E-state index in [9.17, 15) is 18.0 Å². The number of carbonyl (C=O) groups excluding carboxylic acids is 1. The maximum absolute atomic E-state index is 12.6. The number of alkyl halides is 3. The van der Waals surface area contributed by atoms with E-state index in [2.05, 4.69) is 9.97 Å². The molecule has 2 aromatic rings. The van der Waals surface area contributed by atoms with Gasteiger partial charge in [0.25, 0.3) is 0 Å². The predicted molar refractivity (Wildman–Crippen MR) is 89.4 cm³/mol. The maximum atomic E-state index is 12.6. The summed E-state index contributed by atoms with van der Waals surface area (Å²) >= 11 is 0. The molecule has 0 radical (unpaired) electrons. The van der Waals surface area contributed by atoms with Crippen LogP contribution in [-0.4, -0.2) is 33.1 Å². The molecule has 1 N–H and O–H groups in total. The van der Waals surface area contributed by atoms with Crippen LogP contribution in [0.2, 0.25) is 0 Å². The van der Waals surface area contributed by atoms with Crippen LogP contribution in [0.15, 0.2) is 24.4 Å². The number of nitrogens with one attached hydrogen (secondary N) is 1. The lowest BCUT2D eigenvalue weighted by Gasteiger charge is -2.29. The molecule has 8 heteroatoms. The van der Waals surface area contributed by atoms with E-state index in [4.69, 9.17) is 4.74 Å². The quantitative estimate of drug-likeness (QED) is 0.813. The number of pyridine rings is 1. The van der Waals surface area contributed by atoms with E-state index in [1.807, 2.05) is 26.8 Å². The largest absolute Gasteiger partial charge is 0.444 e. The normalized spacial score (nSPS) is 14.9. The molecule has 1 amide bonds. The van der Waals surface area contributed by atoms with Crippen molar-refractivity contribution in [1.29, 1.82) is 0 Å². The number of amides is 1. The van der Waals surface area contributed by atoms with E-state index < -0.39 is 17.3 Å². The Morgan fingerprint density at radius 1 is 1.27 bits per heavy atom. The number of nitrogens with zero attached hydrogens (tertiary/aromatic N) is 2. The molecule has 3 rings (SSSR count). The van der Waals surface area contributed by atoms with E-state index in [1.54, 1.807) is 4.90 Å². The van der Waals surface area contributed by atoms with Crippen molar-refractivity contribution in [3.05, 3.63) is 41.2 Å². The van der Waals surface area contributed by atoms with E-state index in [-0.39, 0.29) is 6.09 Å². The molecule has 3 heterocycles. The Hall–Kier alpha value is -2.51. The standard InChI is InChI=1S/C18H20F3N3O2/c1-17(2,3)26-16(25)24-7-6-11-8-14(23-15(11)10-24)13-5-4-12(9-22-13)18(19,20)21/h4-5,8-9,23H,6-7,10H2,1-3H3. The topological polar surface area (TPSA) is 58.2 Å². The van der Waals surface area contributed by atoms with Crippen molar-refractivity contribution in [2.45, 2.75) is 45.5 Å². The molecule has 0 saturated carbocycles. The van der Waals surface area contributed by atoms with Crippen molar-refractivity contribution in [3.8, 4) is 11.4 Å². The first-order valence-corrected chi connectivity index (χ1v) is 8.25. The minimum absolute atomic E-state index is 0.366. The first-order valence-electron chi connectivity index (χ1n) is 8.25. The number of halogens is 3. The van der Waals surface area contributed by atoms with Crippen LogP contribution < -0.4 is 0 Å². The van der Waals surface area contributed by atoms with Gasteiger partial charge in [-0.1, -0.05) is 0 Å². The Morgan fingerprint density at radius 2 is 2.00 bits per heavy atom. The molecule has 0 aromatic carbocycles. The molecule has 1 aliphatic heterocycles. The van der Waals surface area contributed by atoms with Crippen LogP contribution in [0.1, 0.15) is 37.6 Å². The fraction of sp³-hybridized carbons (Fsp3) is 0.444. The van der Waals surface area contributed by atoms with E-state index in [0.29, 0.717) is 30.9 Å².